The van der Waals surface area contributed by atoms with Crippen LogP contribution in [0.2, 0.25) is 5.02 Å². The molecule has 1 fully saturated rings. The fraction of sp³-hybridized carbons (Fsp3) is 0.333. The van der Waals surface area contributed by atoms with Crippen LogP contribution >= 0.6 is 11.6 Å². The molecule has 0 saturated carbocycles. The van der Waals surface area contributed by atoms with Crippen LogP contribution in [0.3, 0.4) is 0 Å². The molecule has 194 valence electrons. The van der Waals surface area contributed by atoms with Gasteiger partial charge in [0.15, 0.2) is 0 Å². The molecule has 1 atom stereocenters. The van der Waals surface area contributed by atoms with Crippen molar-refractivity contribution in [3.05, 3.63) is 70.9 Å². The number of hydrazone groups is 1. The Kier molecular flexibility index (Phi) is 8.58. The second kappa shape index (κ2) is 12.0. The van der Waals surface area contributed by atoms with Crippen molar-refractivity contribution in [1.29, 1.82) is 0 Å². The van der Waals surface area contributed by atoms with Crippen molar-refractivity contribution in [1.82, 2.24) is 20.2 Å². The Hall–Kier alpha value is -3.69. The number of carbonyl (C=O) groups excluding carboxylic acids is 3. The number of rotatable bonds is 8. The van der Waals surface area contributed by atoms with Crippen molar-refractivity contribution in [2.24, 2.45) is 11.0 Å². The van der Waals surface area contributed by atoms with E-state index < -0.39 is 17.9 Å². The van der Waals surface area contributed by atoms with E-state index >= 15 is 0 Å². The lowest BCUT2D eigenvalue weighted by Gasteiger charge is -2.27. The molecule has 4 rings (SSSR count). The normalized spacial score (nSPS) is 14.8. The van der Waals surface area contributed by atoms with Crippen LogP contribution in [0, 0.1) is 5.92 Å². The molecule has 2 aromatic carbocycles. The molecule has 0 spiro atoms. The second-order valence-corrected chi connectivity index (χ2v) is 9.60. The fourth-order valence-electron chi connectivity index (χ4n) is 4.19. The maximum atomic E-state index is 12.9. The smallest absolute Gasteiger partial charge is 0.262 e. The third-order valence-corrected chi connectivity index (χ3v) is 6.42. The van der Waals surface area contributed by atoms with Crippen LogP contribution in [0.15, 0.2) is 59.8 Å². The summed E-state index contributed by atoms with van der Waals surface area (Å²) in [6.07, 6.45) is 3.39. The molecule has 1 aromatic heterocycles. The van der Waals surface area contributed by atoms with Gasteiger partial charge in [-0.3, -0.25) is 14.4 Å². The van der Waals surface area contributed by atoms with E-state index in [1.807, 2.05) is 48.9 Å². The zero-order valence-electron chi connectivity index (χ0n) is 20.8. The molecule has 10 heteroatoms. The van der Waals surface area contributed by atoms with Gasteiger partial charge in [-0.15, -0.1) is 0 Å². The summed E-state index contributed by atoms with van der Waals surface area (Å²) >= 11 is 5.98. The summed E-state index contributed by atoms with van der Waals surface area (Å²) in [5, 5.41) is 8.25. The van der Waals surface area contributed by atoms with Crippen LogP contribution in [0.1, 0.15) is 29.8 Å². The third-order valence-electron chi connectivity index (χ3n) is 6.19. The predicted octanol–water partition coefficient (Wildman–Crippen LogP) is 3.06. The van der Waals surface area contributed by atoms with Crippen LogP contribution in [0.25, 0.3) is 10.9 Å². The van der Waals surface area contributed by atoms with E-state index in [0.717, 1.165) is 16.5 Å². The Morgan fingerprint density at radius 1 is 1.11 bits per heavy atom. The van der Waals surface area contributed by atoms with E-state index in [1.165, 1.54) is 0 Å². The Morgan fingerprint density at radius 2 is 1.86 bits per heavy atom. The maximum absolute atomic E-state index is 12.9. The number of morpholine rings is 1. The van der Waals surface area contributed by atoms with Gasteiger partial charge in [-0.25, -0.2) is 5.43 Å². The van der Waals surface area contributed by atoms with Gasteiger partial charge in [0.05, 0.1) is 19.4 Å². The van der Waals surface area contributed by atoms with E-state index in [0.29, 0.717) is 36.9 Å². The number of nitrogens with one attached hydrogen (secondary N) is 2. The van der Waals surface area contributed by atoms with Crippen molar-refractivity contribution in [2.75, 3.05) is 26.3 Å². The first-order valence-corrected chi connectivity index (χ1v) is 12.5. The van der Waals surface area contributed by atoms with Crippen molar-refractivity contribution in [2.45, 2.75) is 26.4 Å². The minimum atomic E-state index is -0.795. The largest absolute Gasteiger partial charge is 0.378 e. The topological polar surface area (TPSA) is 105 Å². The number of aromatic nitrogens is 1. The standard InChI is InChI=1S/C27H30ClN5O4/c1-18(2)25(30-26(35)19-6-5-7-21(28)14-19)27(36)31-29-15-20-16-33(23-9-4-3-8-22(20)23)17-24(34)32-10-12-37-13-11-32/h3-9,14-16,18,25H,10-13,17H2,1-2H3,(H,30,35)(H,31,36)/b29-15-. The number of ether oxygens (including phenoxy) is 1. The highest BCUT2D eigenvalue weighted by atomic mass is 35.5. The lowest BCUT2D eigenvalue weighted by atomic mass is 10.0. The minimum absolute atomic E-state index is 0.0241. The molecule has 37 heavy (non-hydrogen) atoms. The lowest BCUT2D eigenvalue weighted by molar-refractivity contribution is -0.135. The number of para-hydroxylation sites is 1. The highest BCUT2D eigenvalue weighted by Crippen LogP contribution is 2.20. The fourth-order valence-corrected chi connectivity index (χ4v) is 4.38. The molecule has 9 nitrogen and oxygen atoms in total. The summed E-state index contributed by atoms with van der Waals surface area (Å²) in [5.41, 5.74) is 4.56. The molecule has 1 saturated heterocycles. The van der Waals surface area contributed by atoms with E-state index in [9.17, 15) is 14.4 Å². The predicted molar refractivity (Wildman–Crippen MR) is 143 cm³/mol. The molecule has 3 aromatic rings. The average Bonchev–Trinajstić information content (AvgIpc) is 3.24. The Labute approximate surface area is 220 Å². The first kappa shape index (κ1) is 26.4. The van der Waals surface area contributed by atoms with Crippen LogP contribution in [-0.2, 0) is 20.9 Å². The molecule has 2 N–H and O–H groups in total. The van der Waals surface area contributed by atoms with Gasteiger partial charge in [-0.1, -0.05) is 49.7 Å². The van der Waals surface area contributed by atoms with Crippen molar-refractivity contribution < 1.29 is 19.1 Å². The van der Waals surface area contributed by atoms with Crippen LogP contribution in [0.5, 0.6) is 0 Å². The molecule has 3 amide bonds. The highest BCUT2D eigenvalue weighted by Gasteiger charge is 2.25. The van der Waals surface area contributed by atoms with Gasteiger partial charge in [0, 0.05) is 46.3 Å². The summed E-state index contributed by atoms with van der Waals surface area (Å²) in [4.78, 5) is 40.1. The summed E-state index contributed by atoms with van der Waals surface area (Å²) < 4.78 is 7.22. The molecular weight excluding hydrogens is 494 g/mol. The quantitative estimate of drug-likeness (QED) is 0.350. The number of benzene rings is 2. The van der Waals surface area contributed by atoms with Gasteiger partial charge in [0.2, 0.25) is 5.91 Å². The molecule has 0 bridgehead atoms. The van der Waals surface area contributed by atoms with Crippen LogP contribution in [-0.4, -0.2) is 65.7 Å². The van der Waals surface area contributed by atoms with Gasteiger partial charge < -0.3 is 19.5 Å². The Morgan fingerprint density at radius 3 is 2.59 bits per heavy atom. The second-order valence-electron chi connectivity index (χ2n) is 9.16. The minimum Gasteiger partial charge on any atom is -0.378 e. The van der Waals surface area contributed by atoms with Crippen molar-refractivity contribution >= 4 is 46.4 Å². The monoisotopic (exact) mass is 523 g/mol. The third kappa shape index (κ3) is 6.55. The first-order valence-electron chi connectivity index (χ1n) is 12.2. The molecule has 1 aliphatic heterocycles. The molecule has 0 radical (unpaired) electrons. The number of halogens is 1. The summed E-state index contributed by atoms with van der Waals surface area (Å²) in [6, 6.07) is 13.4. The summed E-state index contributed by atoms with van der Waals surface area (Å²) in [7, 11) is 0. The molecule has 1 aliphatic rings. The van der Waals surface area contributed by atoms with Crippen molar-refractivity contribution in [3.63, 3.8) is 0 Å². The zero-order valence-corrected chi connectivity index (χ0v) is 21.6. The Balaban J connectivity index is 1.45. The Bertz CT molecular complexity index is 1310. The average molecular weight is 524 g/mol. The molecule has 1 unspecified atom stereocenters. The van der Waals surface area contributed by atoms with E-state index in [1.54, 1.807) is 35.4 Å². The van der Waals surface area contributed by atoms with Crippen LogP contribution < -0.4 is 10.7 Å². The summed E-state index contributed by atoms with van der Waals surface area (Å²) in [6.45, 7) is 6.15. The van der Waals surface area contributed by atoms with Gasteiger partial charge in [-0.05, 0) is 30.2 Å². The van der Waals surface area contributed by atoms with Crippen LogP contribution in [0.4, 0.5) is 0 Å². The van der Waals surface area contributed by atoms with Gasteiger partial charge in [0.25, 0.3) is 11.8 Å². The van der Waals surface area contributed by atoms with Gasteiger partial charge in [-0.2, -0.15) is 5.10 Å². The van der Waals surface area contributed by atoms with Crippen molar-refractivity contribution in [3.8, 4) is 0 Å². The first-order chi connectivity index (χ1) is 17.8. The summed E-state index contributed by atoms with van der Waals surface area (Å²) in [5.74, 6) is -0.983. The maximum Gasteiger partial charge on any atom is 0.262 e. The number of hydrogen-bond acceptors (Lipinski definition) is 5. The molecule has 0 aliphatic carbocycles. The highest BCUT2D eigenvalue weighted by molar-refractivity contribution is 6.31. The van der Waals surface area contributed by atoms with Gasteiger partial charge in [0.1, 0.15) is 12.6 Å². The number of fused-ring (bicyclic) bond motifs is 1. The number of nitrogens with zero attached hydrogens (tertiary/aromatic N) is 3. The molecular formula is C27H30ClN5O4. The number of hydrogen-bond donors (Lipinski definition) is 2. The number of amides is 3. The van der Waals surface area contributed by atoms with E-state index in [4.69, 9.17) is 16.3 Å². The van der Waals surface area contributed by atoms with Gasteiger partial charge >= 0.3 is 0 Å². The number of carbonyl (C=O) groups is 3. The lowest BCUT2D eigenvalue weighted by Crippen LogP contribution is -2.48. The SMILES string of the molecule is CC(C)C(NC(=O)c1cccc(Cl)c1)C(=O)N/N=C\c1cn(CC(=O)N2CCOCC2)c2ccccc12. The zero-order chi connectivity index (χ0) is 26.4. The van der Waals surface area contributed by atoms with E-state index in [-0.39, 0.29) is 18.4 Å². The van der Waals surface area contributed by atoms with E-state index in [2.05, 4.69) is 15.8 Å². The molecule has 2 heterocycles.